The Morgan fingerprint density at radius 2 is 1.91 bits per heavy atom. The predicted octanol–water partition coefficient (Wildman–Crippen LogP) is 4.48. The van der Waals surface area contributed by atoms with E-state index in [9.17, 15) is 0 Å². The number of aromatic nitrogens is 2. The molecule has 1 aromatic heterocycles. The highest BCUT2D eigenvalue weighted by atomic mass is 15.3. The molecule has 2 heterocycles. The maximum Gasteiger partial charge on any atom is 0.117 e. The number of imidazole rings is 1. The summed E-state index contributed by atoms with van der Waals surface area (Å²) < 4.78 is 2.26. The topological polar surface area (TPSA) is 33.1 Å². The first-order chi connectivity index (χ1) is 11.1. The molecular weight excluding hydrogens is 284 g/mol. The zero-order chi connectivity index (χ0) is 16.1. The second-order valence-corrected chi connectivity index (χ2v) is 6.28. The maximum atomic E-state index is 4.83. The summed E-state index contributed by atoms with van der Waals surface area (Å²) >= 11 is 0. The molecule has 0 saturated carbocycles. The largest absolute Gasteiger partial charge is 0.340 e. The third kappa shape index (κ3) is 2.02. The number of para-hydroxylation sites is 2. The molecule has 0 amide bonds. The molecule has 4 nitrogen and oxygen atoms in total. The summed E-state index contributed by atoms with van der Waals surface area (Å²) in [4.78, 5) is 6.91. The first kappa shape index (κ1) is 13.9. The minimum atomic E-state index is 0.349. The lowest BCUT2D eigenvalue weighted by Gasteiger charge is -2.15. The molecule has 0 fully saturated rings. The normalized spacial score (nSPS) is 13.7. The van der Waals surface area contributed by atoms with E-state index in [4.69, 9.17) is 4.98 Å². The number of nitrogens with one attached hydrogen (secondary N) is 1. The molecule has 0 unspecified atom stereocenters. The summed E-state index contributed by atoms with van der Waals surface area (Å²) in [5, 5.41) is 3.30. The van der Waals surface area contributed by atoms with E-state index in [1.54, 1.807) is 0 Å². The van der Waals surface area contributed by atoms with Gasteiger partial charge in [0.25, 0.3) is 0 Å². The smallest absolute Gasteiger partial charge is 0.117 e. The Balaban J connectivity index is 1.97. The number of fused-ring (bicyclic) bond motifs is 2. The summed E-state index contributed by atoms with van der Waals surface area (Å²) in [5.41, 5.74) is 5.54. The molecule has 3 aromatic rings. The van der Waals surface area contributed by atoms with Crippen molar-refractivity contribution >= 4 is 22.4 Å². The van der Waals surface area contributed by atoms with E-state index in [1.807, 2.05) is 13.1 Å². The summed E-state index contributed by atoms with van der Waals surface area (Å²) in [6.07, 6.45) is 0. The van der Waals surface area contributed by atoms with Gasteiger partial charge in [-0.1, -0.05) is 32.6 Å². The Kier molecular flexibility index (Phi) is 2.94. The van der Waals surface area contributed by atoms with Crippen molar-refractivity contribution in [2.45, 2.75) is 19.8 Å². The average Bonchev–Trinajstić information content (AvgIpc) is 3.06. The van der Waals surface area contributed by atoms with Crippen molar-refractivity contribution in [1.82, 2.24) is 9.55 Å². The van der Waals surface area contributed by atoms with E-state index >= 15 is 0 Å². The number of nitrogens with zero attached hydrogens (tertiary/aromatic N) is 3. The minimum Gasteiger partial charge on any atom is -0.340 e. The molecule has 4 rings (SSSR count). The van der Waals surface area contributed by atoms with E-state index in [0.717, 1.165) is 39.7 Å². The molecule has 0 spiro atoms. The molecule has 0 aliphatic carbocycles. The van der Waals surface area contributed by atoms with Crippen LogP contribution in [0.2, 0.25) is 0 Å². The number of hydrogen-bond acceptors (Lipinski definition) is 3. The standard InChI is InChI=1S/C19H20N4/c1-12(2)19-21-15-7-5-6-8-17(15)23(19)14-9-10-16-18(11-14)22(4)13(3)20-16/h5-12,20H,3H2,1-2,4H3. The molecule has 1 N–H and O–H groups in total. The molecular formula is C19H20N4. The van der Waals surface area contributed by atoms with Gasteiger partial charge in [0.05, 0.1) is 22.4 Å². The van der Waals surface area contributed by atoms with Gasteiger partial charge in [-0.3, -0.25) is 4.57 Å². The highest BCUT2D eigenvalue weighted by Gasteiger charge is 2.21. The van der Waals surface area contributed by atoms with Crippen molar-refractivity contribution < 1.29 is 0 Å². The van der Waals surface area contributed by atoms with Crippen LogP contribution in [-0.2, 0) is 0 Å². The van der Waals surface area contributed by atoms with E-state index in [0.29, 0.717) is 5.92 Å². The molecule has 23 heavy (non-hydrogen) atoms. The van der Waals surface area contributed by atoms with Gasteiger partial charge in [-0.25, -0.2) is 4.98 Å². The molecule has 4 heteroatoms. The van der Waals surface area contributed by atoms with Crippen molar-refractivity contribution in [3.8, 4) is 5.69 Å². The molecule has 1 aliphatic heterocycles. The maximum absolute atomic E-state index is 4.83. The van der Waals surface area contributed by atoms with Gasteiger partial charge in [-0.05, 0) is 30.3 Å². The van der Waals surface area contributed by atoms with Crippen LogP contribution in [0.4, 0.5) is 11.4 Å². The number of anilines is 2. The quantitative estimate of drug-likeness (QED) is 0.757. The van der Waals surface area contributed by atoms with Crippen molar-refractivity contribution in [3.05, 3.63) is 60.7 Å². The molecule has 0 radical (unpaired) electrons. The summed E-state index contributed by atoms with van der Waals surface area (Å²) in [6.45, 7) is 8.40. The van der Waals surface area contributed by atoms with Crippen LogP contribution >= 0.6 is 0 Å². The summed E-state index contributed by atoms with van der Waals surface area (Å²) in [5.74, 6) is 2.33. The molecule has 0 bridgehead atoms. The second kappa shape index (κ2) is 4.88. The van der Waals surface area contributed by atoms with Gasteiger partial charge in [0.15, 0.2) is 0 Å². The first-order valence-electron chi connectivity index (χ1n) is 7.87. The van der Waals surface area contributed by atoms with Gasteiger partial charge in [0.2, 0.25) is 0 Å². The number of hydrogen-bond donors (Lipinski definition) is 1. The van der Waals surface area contributed by atoms with E-state index in [-0.39, 0.29) is 0 Å². The minimum absolute atomic E-state index is 0.349. The Labute approximate surface area is 136 Å². The van der Waals surface area contributed by atoms with Crippen LogP contribution in [0.5, 0.6) is 0 Å². The predicted molar refractivity (Wildman–Crippen MR) is 96.3 cm³/mol. The van der Waals surface area contributed by atoms with Crippen molar-refractivity contribution in [3.63, 3.8) is 0 Å². The van der Waals surface area contributed by atoms with Crippen LogP contribution in [0.15, 0.2) is 54.9 Å². The summed E-state index contributed by atoms with van der Waals surface area (Å²) in [7, 11) is 2.03. The first-order valence-corrected chi connectivity index (χ1v) is 7.87. The fraction of sp³-hybridized carbons (Fsp3) is 0.211. The monoisotopic (exact) mass is 304 g/mol. The third-order valence-electron chi connectivity index (χ3n) is 4.39. The molecule has 2 aromatic carbocycles. The Bertz CT molecular complexity index is 920. The molecule has 0 saturated heterocycles. The fourth-order valence-corrected chi connectivity index (χ4v) is 3.13. The SMILES string of the molecule is C=C1Nc2ccc(-n3c(C(C)C)nc4ccccc43)cc2N1C. The van der Waals surface area contributed by atoms with E-state index in [2.05, 4.69) is 71.6 Å². The van der Waals surface area contributed by atoms with Gasteiger partial charge in [-0.2, -0.15) is 0 Å². The Morgan fingerprint density at radius 1 is 1.13 bits per heavy atom. The van der Waals surface area contributed by atoms with E-state index in [1.165, 1.54) is 0 Å². The fourth-order valence-electron chi connectivity index (χ4n) is 3.13. The van der Waals surface area contributed by atoms with Crippen molar-refractivity contribution in [2.24, 2.45) is 0 Å². The Morgan fingerprint density at radius 3 is 2.70 bits per heavy atom. The Hall–Kier alpha value is -2.75. The number of rotatable bonds is 2. The lowest BCUT2D eigenvalue weighted by atomic mass is 10.2. The number of benzene rings is 2. The lowest BCUT2D eigenvalue weighted by molar-refractivity contribution is 0.760. The van der Waals surface area contributed by atoms with Crippen molar-refractivity contribution in [1.29, 1.82) is 0 Å². The van der Waals surface area contributed by atoms with Gasteiger partial charge < -0.3 is 10.2 Å². The van der Waals surface area contributed by atoms with Gasteiger partial charge >= 0.3 is 0 Å². The van der Waals surface area contributed by atoms with Crippen molar-refractivity contribution in [2.75, 3.05) is 17.3 Å². The van der Waals surface area contributed by atoms with Crippen LogP contribution in [0.3, 0.4) is 0 Å². The highest BCUT2D eigenvalue weighted by molar-refractivity contribution is 5.84. The van der Waals surface area contributed by atoms with Gasteiger partial charge in [0.1, 0.15) is 11.6 Å². The zero-order valence-corrected chi connectivity index (χ0v) is 13.7. The third-order valence-corrected chi connectivity index (χ3v) is 4.39. The van der Waals surface area contributed by atoms with Crippen LogP contribution in [0.1, 0.15) is 25.6 Å². The van der Waals surface area contributed by atoms with Crippen LogP contribution in [0.25, 0.3) is 16.7 Å². The van der Waals surface area contributed by atoms with Crippen LogP contribution in [-0.4, -0.2) is 16.6 Å². The molecule has 0 atom stereocenters. The van der Waals surface area contributed by atoms with Gasteiger partial charge in [-0.15, -0.1) is 0 Å². The van der Waals surface area contributed by atoms with E-state index < -0.39 is 0 Å². The molecule has 116 valence electrons. The highest BCUT2D eigenvalue weighted by Crippen LogP contribution is 2.37. The van der Waals surface area contributed by atoms with Crippen LogP contribution < -0.4 is 10.2 Å². The average molecular weight is 304 g/mol. The van der Waals surface area contributed by atoms with Gasteiger partial charge in [0, 0.05) is 18.7 Å². The second-order valence-electron chi connectivity index (χ2n) is 6.28. The lowest BCUT2D eigenvalue weighted by Crippen LogP contribution is -2.12. The van der Waals surface area contributed by atoms with Crippen LogP contribution in [0, 0.1) is 0 Å². The molecule has 1 aliphatic rings. The summed E-state index contributed by atoms with van der Waals surface area (Å²) in [6, 6.07) is 14.7. The zero-order valence-electron chi connectivity index (χ0n) is 13.7.